The molecule has 0 fully saturated rings. The van der Waals surface area contributed by atoms with Crippen LogP contribution < -0.4 is 10.9 Å². The number of hydrogen-bond acceptors (Lipinski definition) is 6. The second kappa shape index (κ2) is 10.7. The summed E-state index contributed by atoms with van der Waals surface area (Å²) in [6.07, 6.45) is 3.82. The lowest BCUT2D eigenvalue weighted by molar-refractivity contribution is -0.121. The van der Waals surface area contributed by atoms with Crippen LogP contribution in [0.2, 0.25) is 0 Å². The molecule has 0 unspecified atom stereocenters. The molecule has 0 saturated carbocycles. The van der Waals surface area contributed by atoms with Gasteiger partial charge in [-0.3, -0.25) is 9.59 Å². The first-order chi connectivity index (χ1) is 13.8. The van der Waals surface area contributed by atoms with Crippen LogP contribution in [0.1, 0.15) is 37.4 Å². The minimum atomic E-state index is -3.69. The Hall–Kier alpha value is -2.04. The zero-order valence-electron chi connectivity index (χ0n) is 17.1. The maximum Gasteiger partial charge on any atom is 0.251 e. The second-order valence-corrected chi connectivity index (χ2v) is 9.49. The number of amides is 1. The molecular formula is C19H28N4O4S2. The third-order valence-electron chi connectivity index (χ3n) is 4.42. The molecule has 0 aliphatic heterocycles. The van der Waals surface area contributed by atoms with Gasteiger partial charge in [0.2, 0.25) is 15.9 Å². The molecule has 0 radical (unpaired) electrons. The Morgan fingerprint density at radius 1 is 1.24 bits per heavy atom. The van der Waals surface area contributed by atoms with Crippen LogP contribution in [0, 0.1) is 6.92 Å². The first kappa shape index (κ1) is 23.2. The van der Waals surface area contributed by atoms with Gasteiger partial charge in [-0.1, -0.05) is 13.8 Å². The van der Waals surface area contributed by atoms with E-state index in [1.54, 1.807) is 25.2 Å². The highest BCUT2D eigenvalue weighted by atomic mass is 32.2. The monoisotopic (exact) mass is 440 g/mol. The molecule has 160 valence electrons. The fourth-order valence-electron chi connectivity index (χ4n) is 2.86. The molecule has 0 aromatic carbocycles. The minimum absolute atomic E-state index is 0.00680. The highest BCUT2D eigenvalue weighted by Crippen LogP contribution is 2.14. The standard InChI is InChI=1S/C19H28N4O4S2/c1-4-23(5-2)29(26,27)16-9-10-19(25)22(12-16)13-17(24)20-11-7-6-8-18-21-15(3)14-28-18/h9-10,12,14H,4-8,11,13H2,1-3H3,(H,20,24). The minimum Gasteiger partial charge on any atom is -0.355 e. The largest absolute Gasteiger partial charge is 0.355 e. The van der Waals surface area contributed by atoms with Crippen LogP contribution in [0.3, 0.4) is 0 Å². The van der Waals surface area contributed by atoms with E-state index in [1.807, 2.05) is 12.3 Å². The van der Waals surface area contributed by atoms with Crippen LogP contribution >= 0.6 is 11.3 Å². The summed E-state index contributed by atoms with van der Waals surface area (Å²) >= 11 is 1.64. The summed E-state index contributed by atoms with van der Waals surface area (Å²) in [4.78, 5) is 28.6. The number of aryl methyl sites for hydroxylation is 2. The molecule has 29 heavy (non-hydrogen) atoms. The van der Waals surface area contributed by atoms with E-state index < -0.39 is 15.6 Å². The molecule has 0 aliphatic rings. The van der Waals surface area contributed by atoms with Crippen LogP contribution in [0.15, 0.2) is 33.4 Å². The number of nitrogens with zero attached hydrogens (tertiary/aromatic N) is 3. The van der Waals surface area contributed by atoms with E-state index in [0.29, 0.717) is 19.6 Å². The first-order valence-electron chi connectivity index (χ1n) is 9.66. The molecule has 2 rings (SSSR count). The molecular weight excluding hydrogens is 412 g/mol. The van der Waals surface area contributed by atoms with E-state index in [0.717, 1.165) is 34.5 Å². The lowest BCUT2D eigenvalue weighted by Gasteiger charge is -2.19. The zero-order chi connectivity index (χ0) is 21.4. The average Bonchev–Trinajstić information content (AvgIpc) is 3.09. The van der Waals surface area contributed by atoms with Crippen molar-refractivity contribution in [2.24, 2.45) is 0 Å². The van der Waals surface area contributed by atoms with Crippen molar-refractivity contribution >= 4 is 27.3 Å². The number of carbonyl (C=O) groups is 1. The van der Waals surface area contributed by atoms with Crippen molar-refractivity contribution in [1.29, 1.82) is 0 Å². The van der Waals surface area contributed by atoms with E-state index in [2.05, 4.69) is 10.3 Å². The van der Waals surface area contributed by atoms with Gasteiger partial charge < -0.3 is 9.88 Å². The Labute approximate surface area is 175 Å². The lowest BCUT2D eigenvalue weighted by atomic mass is 10.2. The van der Waals surface area contributed by atoms with Crippen LogP contribution in [0.4, 0.5) is 0 Å². The highest BCUT2D eigenvalue weighted by Gasteiger charge is 2.22. The fourth-order valence-corrected chi connectivity index (χ4v) is 5.15. The lowest BCUT2D eigenvalue weighted by Crippen LogP contribution is -2.34. The third kappa shape index (κ3) is 6.48. The number of sulfonamides is 1. The predicted molar refractivity (Wildman–Crippen MR) is 114 cm³/mol. The maximum atomic E-state index is 12.6. The summed E-state index contributed by atoms with van der Waals surface area (Å²) in [5, 5.41) is 5.88. The van der Waals surface area contributed by atoms with Crippen LogP contribution in [-0.4, -0.2) is 47.8 Å². The molecule has 0 spiro atoms. The molecule has 1 amide bonds. The van der Waals surface area contributed by atoms with Crippen LogP contribution in [0.25, 0.3) is 0 Å². The van der Waals surface area contributed by atoms with Gasteiger partial charge in [0.05, 0.1) is 9.90 Å². The highest BCUT2D eigenvalue weighted by molar-refractivity contribution is 7.89. The molecule has 1 N–H and O–H groups in total. The Morgan fingerprint density at radius 3 is 2.59 bits per heavy atom. The van der Waals surface area contributed by atoms with Gasteiger partial charge in [-0.05, 0) is 32.3 Å². The van der Waals surface area contributed by atoms with Crippen molar-refractivity contribution < 1.29 is 13.2 Å². The van der Waals surface area contributed by atoms with Crippen molar-refractivity contribution in [2.45, 2.75) is 51.5 Å². The number of pyridine rings is 1. The third-order valence-corrected chi connectivity index (χ3v) is 7.48. The molecule has 8 nitrogen and oxygen atoms in total. The van der Waals surface area contributed by atoms with E-state index in [1.165, 1.54) is 22.6 Å². The number of unbranched alkanes of at least 4 members (excludes halogenated alkanes) is 1. The van der Waals surface area contributed by atoms with Gasteiger partial charge in [0.15, 0.2) is 0 Å². The molecule has 0 saturated heterocycles. The number of thiazole rings is 1. The van der Waals surface area contributed by atoms with Crippen molar-refractivity contribution in [1.82, 2.24) is 19.2 Å². The Balaban J connectivity index is 1.90. The van der Waals surface area contributed by atoms with E-state index in [4.69, 9.17) is 0 Å². The number of nitrogens with one attached hydrogen (secondary N) is 1. The van der Waals surface area contributed by atoms with Gasteiger partial charge in [0.1, 0.15) is 6.54 Å². The van der Waals surface area contributed by atoms with Gasteiger partial charge in [0.25, 0.3) is 5.56 Å². The smallest absolute Gasteiger partial charge is 0.251 e. The van der Waals surface area contributed by atoms with Gasteiger partial charge in [0, 0.05) is 43.0 Å². The molecule has 2 heterocycles. The van der Waals surface area contributed by atoms with E-state index in [-0.39, 0.29) is 17.3 Å². The summed E-state index contributed by atoms with van der Waals surface area (Å²) in [6.45, 7) is 6.41. The number of rotatable bonds is 11. The molecule has 0 bridgehead atoms. The number of aromatic nitrogens is 2. The summed E-state index contributed by atoms with van der Waals surface area (Å²) in [5.74, 6) is -0.324. The number of carbonyl (C=O) groups excluding carboxylic acids is 1. The Bertz CT molecular complexity index is 978. The second-order valence-electron chi connectivity index (χ2n) is 6.61. The Morgan fingerprint density at radius 2 is 1.97 bits per heavy atom. The summed E-state index contributed by atoms with van der Waals surface area (Å²) in [7, 11) is -3.69. The van der Waals surface area contributed by atoms with Crippen LogP contribution in [0.5, 0.6) is 0 Å². The van der Waals surface area contributed by atoms with Crippen molar-refractivity contribution in [3.63, 3.8) is 0 Å². The maximum absolute atomic E-state index is 12.6. The number of hydrogen-bond donors (Lipinski definition) is 1. The van der Waals surface area contributed by atoms with Gasteiger partial charge in [-0.25, -0.2) is 13.4 Å². The topological polar surface area (TPSA) is 101 Å². The summed E-state index contributed by atoms with van der Waals surface area (Å²) < 4.78 is 27.7. The molecule has 10 heteroatoms. The molecule has 2 aromatic heterocycles. The first-order valence-corrected chi connectivity index (χ1v) is 12.0. The molecule has 0 aliphatic carbocycles. The van der Waals surface area contributed by atoms with Crippen molar-refractivity contribution in [3.05, 3.63) is 44.8 Å². The normalized spacial score (nSPS) is 11.7. The van der Waals surface area contributed by atoms with Crippen molar-refractivity contribution in [3.8, 4) is 0 Å². The SMILES string of the molecule is CCN(CC)S(=O)(=O)c1ccc(=O)n(CC(=O)NCCCCc2nc(C)cs2)c1. The van der Waals surface area contributed by atoms with E-state index in [9.17, 15) is 18.0 Å². The fraction of sp³-hybridized carbons (Fsp3) is 0.526. The summed E-state index contributed by atoms with van der Waals surface area (Å²) in [6, 6.07) is 2.46. The van der Waals surface area contributed by atoms with Crippen LogP contribution in [-0.2, 0) is 27.8 Å². The summed E-state index contributed by atoms with van der Waals surface area (Å²) in [5.41, 5.74) is 0.603. The molecule has 0 atom stereocenters. The average molecular weight is 441 g/mol. The predicted octanol–water partition coefficient (Wildman–Crippen LogP) is 1.78. The Kier molecular flexibility index (Phi) is 8.54. The van der Waals surface area contributed by atoms with E-state index >= 15 is 0 Å². The van der Waals surface area contributed by atoms with Gasteiger partial charge in [-0.2, -0.15) is 4.31 Å². The van der Waals surface area contributed by atoms with Gasteiger partial charge in [-0.15, -0.1) is 11.3 Å². The quantitative estimate of drug-likeness (QED) is 0.537. The zero-order valence-corrected chi connectivity index (χ0v) is 18.7. The molecule has 2 aromatic rings. The van der Waals surface area contributed by atoms with Gasteiger partial charge >= 0.3 is 0 Å². The van der Waals surface area contributed by atoms with Crippen molar-refractivity contribution in [2.75, 3.05) is 19.6 Å².